The monoisotopic (exact) mass is 439 g/mol. The number of fused-ring (bicyclic) bond motifs is 2. The zero-order valence-corrected chi connectivity index (χ0v) is 17.4. The number of aromatic nitrogens is 2. The van der Waals surface area contributed by atoms with E-state index in [1.54, 1.807) is 17.4 Å². The van der Waals surface area contributed by atoms with Gasteiger partial charge in [-0.2, -0.15) is 4.37 Å². The Labute approximate surface area is 168 Å². The Morgan fingerprint density at radius 3 is 2.85 bits per heavy atom. The number of nitrogens with one attached hydrogen (secondary N) is 1. The molecule has 0 unspecified atom stereocenters. The minimum atomic E-state index is -3.17. The molecule has 2 heterocycles. The number of benzene rings is 1. The first-order valence-corrected chi connectivity index (χ1v) is 12.3. The highest BCUT2D eigenvalue weighted by molar-refractivity contribution is 7.89. The second-order valence-electron chi connectivity index (χ2n) is 7.36. The summed E-state index contributed by atoms with van der Waals surface area (Å²) >= 11 is 8.72. The molecule has 1 aromatic carbocycles. The van der Waals surface area contributed by atoms with Crippen LogP contribution in [0, 0.1) is 0 Å². The maximum absolute atomic E-state index is 12.6. The standard InChI is InChI=1S/C17H14ClN3O3S3/c1-27(23,24)6-10-5-13(26-21-10)14(22)20-17-7-16(17,8-17)15-19-11-3-2-9(18)4-12(11)25-15/h2-5H,6-8H2,1H3,(H,20,22). The molecule has 2 aromatic heterocycles. The van der Waals surface area contributed by atoms with Crippen molar-refractivity contribution in [1.82, 2.24) is 14.7 Å². The maximum atomic E-state index is 12.6. The minimum Gasteiger partial charge on any atom is -0.345 e. The van der Waals surface area contributed by atoms with E-state index in [0.717, 1.165) is 45.9 Å². The molecule has 27 heavy (non-hydrogen) atoms. The smallest absolute Gasteiger partial charge is 0.263 e. The number of carbonyl (C=O) groups excluding carboxylic acids is 1. The molecule has 10 heteroatoms. The Morgan fingerprint density at radius 1 is 1.33 bits per heavy atom. The Morgan fingerprint density at radius 2 is 2.11 bits per heavy atom. The lowest BCUT2D eigenvalue weighted by Gasteiger charge is -2.03. The summed E-state index contributed by atoms with van der Waals surface area (Å²) in [5.41, 5.74) is 1.06. The van der Waals surface area contributed by atoms with Gasteiger partial charge in [0.1, 0.15) is 9.88 Å². The summed E-state index contributed by atoms with van der Waals surface area (Å²) in [5.74, 6) is -0.351. The van der Waals surface area contributed by atoms with Crippen LogP contribution in [0.1, 0.15) is 33.2 Å². The van der Waals surface area contributed by atoms with E-state index in [1.165, 1.54) is 0 Å². The Bertz CT molecular complexity index is 1210. The van der Waals surface area contributed by atoms with Gasteiger partial charge in [-0.15, -0.1) is 11.3 Å². The van der Waals surface area contributed by atoms with Gasteiger partial charge in [-0.05, 0) is 48.6 Å². The highest BCUT2D eigenvalue weighted by atomic mass is 35.5. The summed E-state index contributed by atoms with van der Waals surface area (Å²) in [6.07, 6.45) is 2.92. The molecule has 3 aromatic rings. The van der Waals surface area contributed by atoms with Crippen LogP contribution in [0.2, 0.25) is 5.02 Å². The van der Waals surface area contributed by atoms with Crippen LogP contribution in [0.5, 0.6) is 0 Å². The van der Waals surface area contributed by atoms with E-state index in [2.05, 4.69) is 9.69 Å². The van der Waals surface area contributed by atoms with Crippen molar-refractivity contribution in [3.8, 4) is 0 Å². The average molecular weight is 440 g/mol. The van der Waals surface area contributed by atoms with E-state index < -0.39 is 9.84 Å². The molecule has 0 aliphatic heterocycles. The highest BCUT2D eigenvalue weighted by Gasteiger charge is 2.86. The van der Waals surface area contributed by atoms with Gasteiger partial charge in [-0.1, -0.05) is 11.6 Å². The molecule has 0 bridgehead atoms. The number of sulfone groups is 1. The van der Waals surface area contributed by atoms with Crippen molar-refractivity contribution in [2.24, 2.45) is 0 Å². The van der Waals surface area contributed by atoms with Crippen molar-refractivity contribution >= 4 is 60.4 Å². The molecule has 0 atom stereocenters. The van der Waals surface area contributed by atoms with Gasteiger partial charge in [0.2, 0.25) is 0 Å². The number of hydrogen-bond donors (Lipinski definition) is 1. The van der Waals surface area contributed by atoms with E-state index >= 15 is 0 Å². The third kappa shape index (κ3) is 2.88. The number of amides is 1. The third-order valence-electron chi connectivity index (χ3n) is 5.18. The van der Waals surface area contributed by atoms with E-state index in [-0.39, 0.29) is 22.6 Å². The molecule has 2 fully saturated rings. The Hall–Kier alpha value is -1.55. The van der Waals surface area contributed by atoms with E-state index in [0.29, 0.717) is 15.6 Å². The van der Waals surface area contributed by atoms with Crippen LogP contribution >= 0.6 is 34.5 Å². The van der Waals surface area contributed by atoms with Crippen molar-refractivity contribution in [2.75, 3.05) is 6.26 Å². The third-order valence-corrected chi connectivity index (χ3v) is 8.28. The largest absolute Gasteiger partial charge is 0.345 e. The molecule has 2 saturated carbocycles. The number of carbonyl (C=O) groups is 1. The molecular weight excluding hydrogens is 426 g/mol. The molecule has 2 aliphatic rings. The second kappa shape index (κ2) is 5.50. The molecule has 5 rings (SSSR count). The number of nitrogens with zero attached hydrogens (tertiary/aromatic N) is 2. The molecule has 1 amide bonds. The van der Waals surface area contributed by atoms with Gasteiger partial charge in [0.05, 0.1) is 27.2 Å². The van der Waals surface area contributed by atoms with Crippen LogP contribution < -0.4 is 5.32 Å². The first kappa shape index (κ1) is 17.5. The molecule has 0 radical (unpaired) electrons. The number of halogens is 1. The SMILES string of the molecule is CS(=O)(=O)Cc1cc(C(=O)NC23CC2(c2nc4ccc(Cl)cc4s2)C3)sn1. The van der Waals surface area contributed by atoms with Gasteiger partial charge in [0.15, 0.2) is 9.84 Å². The fourth-order valence-electron chi connectivity index (χ4n) is 3.59. The average Bonchev–Trinajstić information content (AvgIpc) is 3.13. The van der Waals surface area contributed by atoms with E-state index in [1.807, 2.05) is 18.2 Å². The maximum Gasteiger partial charge on any atom is 0.263 e. The van der Waals surface area contributed by atoms with Gasteiger partial charge in [0.25, 0.3) is 5.91 Å². The van der Waals surface area contributed by atoms with Crippen LogP contribution in [-0.2, 0) is 21.0 Å². The van der Waals surface area contributed by atoms with Crippen LogP contribution in [0.3, 0.4) is 0 Å². The first-order valence-electron chi connectivity index (χ1n) is 8.22. The zero-order chi connectivity index (χ0) is 19.0. The topological polar surface area (TPSA) is 89.0 Å². The summed E-state index contributed by atoms with van der Waals surface area (Å²) < 4.78 is 27.9. The fourth-order valence-corrected chi connectivity index (χ4v) is 6.54. The Balaban J connectivity index is 1.32. The van der Waals surface area contributed by atoms with Crippen molar-refractivity contribution in [2.45, 2.75) is 29.5 Å². The molecule has 0 saturated heterocycles. The summed E-state index contributed by atoms with van der Waals surface area (Å²) in [5, 5.41) is 4.85. The van der Waals surface area contributed by atoms with Crippen LogP contribution in [0.25, 0.3) is 10.2 Å². The first-order chi connectivity index (χ1) is 12.7. The van der Waals surface area contributed by atoms with Crippen molar-refractivity contribution in [1.29, 1.82) is 0 Å². The quantitative estimate of drug-likeness (QED) is 0.659. The molecule has 1 N–H and O–H groups in total. The second-order valence-corrected chi connectivity index (χ2v) is 11.8. The minimum absolute atomic E-state index is 0.0564. The lowest BCUT2D eigenvalue weighted by Crippen LogP contribution is -2.30. The van der Waals surface area contributed by atoms with E-state index in [4.69, 9.17) is 16.6 Å². The van der Waals surface area contributed by atoms with Crippen LogP contribution in [0.4, 0.5) is 0 Å². The van der Waals surface area contributed by atoms with Gasteiger partial charge in [-0.3, -0.25) is 4.79 Å². The lowest BCUT2D eigenvalue weighted by molar-refractivity contribution is 0.0946. The molecule has 140 valence electrons. The number of thiazole rings is 1. The lowest BCUT2D eigenvalue weighted by atomic mass is 10.2. The zero-order valence-electron chi connectivity index (χ0n) is 14.2. The predicted molar refractivity (Wildman–Crippen MR) is 106 cm³/mol. The summed E-state index contributed by atoms with van der Waals surface area (Å²) in [6.45, 7) is 0. The summed E-state index contributed by atoms with van der Waals surface area (Å²) in [4.78, 5) is 17.7. The number of hydrogen-bond acceptors (Lipinski definition) is 7. The summed E-state index contributed by atoms with van der Waals surface area (Å²) in [7, 11) is -3.17. The van der Waals surface area contributed by atoms with Gasteiger partial charge in [0, 0.05) is 16.7 Å². The van der Waals surface area contributed by atoms with Crippen molar-refractivity contribution in [3.05, 3.63) is 44.9 Å². The summed E-state index contributed by atoms with van der Waals surface area (Å²) in [6, 6.07) is 7.22. The van der Waals surface area contributed by atoms with Crippen molar-refractivity contribution < 1.29 is 13.2 Å². The van der Waals surface area contributed by atoms with Crippen molar-refractivity contribution in [3.63, 3.8) is 0 Å². The number of rotatable bonds is 5. The molecule has 6 nitrogen and oxygen atoms in total. The Kier molecular flexibility index (Phi) is 3.57. The molecular formula is C17H14ClN3O3S3. The highest BCUT2D eigenvalue weighted by Crippen LogP contribution is 2.79. The van der Waals surface area contributed by atoms with Gasteiger partial charge < -0.3 is 5.32 Å². The molecule has 0 spiro atoms. The van der Waals surface area contributed by atoms with Crippen LogP contribution in [-0.4, -0.2) is 35.5 Å². The fraction of sp³-hybridized carbons (Fsp3) is 0.353. The normalized spacial score (nSPS) is 26.0. The molecule has 2 aliphatic carbocycles. The van der Waals surface area contributed by atoms with Gasteiger partial charge in [-0.25, -0.2) is 13.4 Å². The van der Waals surface area contributed by atoms with E-state index in [9.17, 15) is 13.2 Å². The van der Waals surface area contributed by atoms with Crippen LogP contribution in [0.15, 0.2) is 24.3 Å². The predicted octanol–water partition coefficient (Wildman–Crippen LogP) is 3.16. The van der Waals surface area contributed by atoms with Gasteiger partial charge >= 0.3 is 0 Å².